The van der Waals surface area contributed by atoms with Gasteiger partial charge < -0.3 is 13.9 Å². The number of carbonyl (C=O) groups is 2. The molecule has 0 saturated heterocycles. The van der Waals surface area contributed by atoms with Crippen LogP contribution in [0.25, 0.3) is 11.0 Å². The highest BCUT2D eigenvalue weighted by Crippen LogP contribution is 2.28. The van der Waals surface area contributed by atoms with Gasteiger partial charge in [0.2, 0.25) is 11.5 Å². The molecule has 1 aromatic carbocycles. The van der Waals surface area contributed by atoms with Crippen LogP contribution in [0.1, 0.15) is 10.6 Å². The monoisotopic (exact) mass is 322 g/mol. The lowest BCUT2D eigenvalue weighted by atomic mass is 9.99. The predicted molar refractivity (Wildman–Crippen MR) is 86.2 cm³/mol. The Morgan fingerprint density at radius 3 is 2.79 bits per heavy atom. The second-order valence-corrected chi connectivity index (χ2v) is 5.61. The second kappa shape index (κ2) is 5.85. The molecule has 5 nitrogen and oxygen atoms in total. The Labute approximate surface area is 137 Å². The van der Waals surface area contributed by atoms with Crippen molar-refractivity contribution in [2.75, 3.05) is 6.61 Å². The number of fused-ring (bicyclic) bond motifs is 2. The summed E-state index contributed by atoms with van der Waals surface area (Å²) in [5.74, 6) is -0.672. The zero-order valence-electron chi connectivity index (χ0n) is 12.7. The molecule has 5 heteroatoms. The number of esters is 1. The molecule has 2 aromatic rings. The Bertz CT molecular complexity index is 866. The van der Waals surface area contributed by atoms with Gasteiger partial charge >= 0.3 is 5.97 Å². The fourth-order valence-corrected chi connectivity index (χ4v) is 2.75. The third kappa shape index (κ3) is 2.65. The average molecular weight is 322 g/mol. The molecule has 0 radical (unpaired) electrons. The molecule has 0 amide bonds. The summed E-state index contributed by atoms with van der Waals surface area (Å²) in [5, 5.41) is 0.806. The third-order valence-electron chi connectivity index (χ3n) is 3.97. The summed E-state index contributed by atoms with van der Waals surface area (Å²) in [4.78, 5) is 24.2. The zero-order chi connectivity index (χ0) is 16.5. The van der Waals surface area contributed by atoms with Crippen molar-refractivity contribution < 1.29 is 23.5 Å². The lowest BCUT2D eigenvalue weighted by molar-refractivity contribution is -0.122. The molecule has 2 atom stereocenters. The van der Waals surface area contributed by atoms with Gasteiger partial charge in [0.05, 0.1) is 0 Å². The normalized spacial score (nSPS) is 21.2. The SMILES string of the molecule is O=C(COC(=O)c1cc2ccccc2o1)C1=C[C@H]2C=CC=C[C@H]2O1. The van der Waals surface area contributed by atoms with E-state index in [1.165, 1.54) is 0 Å². The molecule has 2 heterocycles. The van der Waals surface area contributed by atoms with E-state index in [1.54, 1.807) is 18.2 Å². The molecular weight excluding hydrogens is 308 g/mol. The van der Waals surface area contributed by atoms with Gasteiger partial charge in [0.25, 0.3) is 0 Å². The van der Waals surface area contributed by atoms with Crippen molar-refractivity contribution in [2.24, 2.45) is 5.92 Å². The molecule has 2 aliphatic rings. The Kier molecular flexibility index (Phi) is 3.54. The summed E-state index contributed by atoms with van der Waals surface area (Å²) < 4.78 is 16.0. The molecule has 4 rings (SSSR count). The molecule has 0 N–H and O–H groups in total. The summed E-state index contributed by atoms with van der Waals surface area (Å²) in [6.07, 6.45) is 9.25. The minimum Gasteiger partial charge on any atom is -0.482 e. The number of benzene rings is 1. The Morgan fingerprint density at radius 2 is 1.96 bits per heavy atom. The quantitative estimate of drug-likeness (QED) is 0.809. The number of hydrogen-bond donors (Lipinski definition) is 0. The molecule has 120 valence electrons. The summed E-state index contributed by atoms with van der Waals surface area (Å²) in [5.41, 5.74) is 0.597. The van der Waals surface area contributed by atoms with E-state index < -0.39 is 5.97 Å². The number of allylic oxidation sites excluding steroid dienone is 2. The van der Waals surface area contributed by atoms with E-state index in [4.69, 9.17) is 13.9 Å². The number of ether oxygens (including phenoxy) is 2. The van der Waals surface area contributed by atoms with E-state index in [0.29, 0.717) is 5.58 Å². The van der Waals surface area contributed by atoms with Crippen LogP contribution in [0.5, 0.6) is 0 Å². The summed E-state index contributed by atoms with van der Waals surface area (Å²) in [6, 6.07) is 8.86. The number of rotatable bonds is 4. The topological polar surface area (TPSA) is 65.7 Å². The van der Waals surface area contributed by atoms with Crippen molar-refractivity contribution in [3.8, 4) is 0 Å². The van der Waals surface area contributed by atoms with E-state index in [2.05, 4.69) is 0 Å². The highest BCUT2D eigenvalue weighted by Gasteiger charge is 2.30. The molecule has 1 aliphatic carbocycles. The molecule has 1 aliphatic heterocycles. The first-order valence-corrected chi connectivity index (χ1v) is 7.63. The van der Waals surface area contributed by atoms with Gasteiger partial charge in [0, 0.05) is 11.3 Å². The van der Waals surface area contributed by atoms with Crippen molar-refractivity contribution in [3.63, 3.8) is 0 Å². The molecule has 0 saturated carbocycles. The molecule has 24 heavy (non-hydrogen) atoms. The minimum atomic E-state index is -0.671. The van der Waals surface area contributed by atoms with Crippen LogP contribution in [0, 0.1) is 5.92 Å². The van der Waals surface area contributed by atoms with Crippen LogP contribution in [-0.4, -0.2) is 24.5 Å². The lowest BCUT2D eigenvalue weighted by Gasteiger charge is -2.14. The van der Waals surface area contributed by atoms with Gasteiger partial charge in [-0.3, -0.25) is 4.79 Å². The smallest absolute Gasteiger partial charge is 0.374 e. The molecular formula is C19H14O5. The molecule has 0 unspecified atom stereocenters. The number of furan rings is 1. The Balaban J connectivity index is 1.39. The van der Waals surface area contributed by atoms with Crippen molar-refractivity contribution >= 4 is 22.7 Å². The summed E-state index contributed by atoms with van der Waals surface area (Å²) >= 11 is 0. The number of carbonyl (C=O) groups excluding carboxylic acids is 2. The standard InChI is InChI=1S/C19H14O5/c20-14(17-9-12-5-1-3-7-15(12)23-17)11-22-19(21)18-10-13-6-2-4-8-16(13)24-18/h1-10,12,15H,11H2/t12-,15-/m1/s1. The van der Waals surface area contributed by atoms with E-state index >= 15 is 0 Å². The van der Waals surface area contributed by atoms with Crippen LogP contribution in [0.4, 0.5) is 0 Å². The second-order valence-electron chi connectivity index (χ2n) is 5.61. The van der Waals surface area contributed by atoms with E-state index in [1.807, 2.05) is 42.5 Å². The van der Waals surface area contributed by atoms with Crippen LogP contribution in [0.15, 0.2) is 70.9 Å². The van der Waals surface area contributed by atoms with Gasteiger partial charge in [-0.05, 0) is 24.3 Å². The van der Waals surface area contributed by atoms with Crippen LogP contribution < -0.4 is 0 Å². The molecule has 0 spiro atoms. The summed E-state index contributed by atoms with van der Waals surface area (Å²) in [6.45, 7) is -0.380. The van der Waals surface area contributed by atoms with Crippen molar-refractivity contribution in [1.82, 2.24) is 0 Å². The summed E-state index contributed by atoms with van der Waals surface area (Å²) in [7, 11) is 0. The van der Waals surface area contributed by atoms with Crippen molar-refractivity contribution in [1.29, 1.82) is 0 Å². The van der Waals surface area contributed by atoms with E-state index in [9.17, 15) is 9.59 Å². The number of ketones is 1. The first-order valence-electron chi connectivity index (χ1n) is 7.63. The van der Waals surface area contributed by atoms with Gasteiger partial charge in [-0.25, -0.2) is 4.79 Å². The lowest BCUT2D eigenvalue weighted by Crippen LogP contribution is -2.18. The van der Waals surface area contributed by atoms with Crippen LogP contribution >= 0.6 is 0 Å². The zero-order valence-corrected chi connectivity index (χ0v) is 12.7. The average Bonchev–Trinajstić information content (AvgIpc) is 3.23. The number of Topliss-reactive ketones (excluding diaryl/α,β-unsaturated/α-hetero) is 1. The van der Waals surface area contributed by atoms with Crippen LogP contribution in [-0.2, 0) is 14.3 Å². The number of hydrogen-bond acceptors (Lipinski definition) is 5. The minimum absolute atomic E-state index is 0.0556. The maximum absolute atomic E-state index is 12.1. The first-order chi connectivity index (χ1) is 11.7. The fourth-order valence-electron chi connectivity index (χ4n) is 2.75. The van der Waals surface area contributed by atoms with Crippen LogP contribution in [0.2, 0.25) is 0 Å². The molecule has 1 aromatic heterocycles. The first kappa shape index (κ1) is 14.5. The van der Waals surface area contributed by atoms with Gasteiger partial charge in [-0.15, -0.1) is 0 Å². The third-order valence-corrected chi connectivity index (χ3v) is 3.97. The van der Waals surface area contributed by atoms with E-state index in [0.717, 1.165) is 5.39 Å². The molecule has 0 fully saturated rings. The highest BCUT2D eigenvalue weighted by atomic mass is 16.6. The fraction of sp³-hybridized carbons (Fsp3) is 0.158. The van der Waals surface area contributed by atoms with Gasteiger partial charge in [-0.2, -0.15) is 0 Å². The van der Waals surface area contributed by atoms with Crippen LogP contribution in [0.3, 0.4) is 0 Å². The molecule has 0 bridgehead atoms. The highest BCUT2D eigenvalue weighted by molar-refractivity contribution is 5.98. The largest absolute Gasteiger partial charge is 0.482 e. The maximum atomic E-state index is 12.1. The number of para-hydroxylation sites is 1. The predicted octanol–water partition coefficient (Wildman–Crippen LogP) is 3.18. The maximum Gasteiger partial charge on any atom is 0.374 e. The van der Waals surface area contributed by atoms with Crippen molar-refractivity contribution in [2.45, 2.75) is 6.10 Å². The van der Waals surface area contributed by atoms with Gasteiger partial charge in [0.1, 0.15) is 11.7 Å². The van der Waals surface area contributed by atoms with E-state index in [-0.39, 0.29) is 35.9 Å². The van der Waals surface area contributed by atoms with Gasteiger partial charge in [-0.1, -0.05) is 36.4 Å². The Morgan fingerprint density at radius 1 is 1.12 bits per heavy atom. The van der Waals surface area contributed by atoms with Gasteiger partial charge in [0.15, 0.2) is 12.4 Å². The van der Waals surface area contributed by atoms with Crippen molar-refractivity contribution in [3.05, 3.63) is 72.2 Å². The Hall–Kier alpha value is -3.08.